The van der Waals surface area contributed by atoms with Crippen molar-refractivity contribution in [1.29, 1.82) is 0 Å². The average Bonchev–Trinajstić information content (AvgIpc) is 1.35. The smallest absolute Gasteiger partial charge is 0.0399 e. The van der Waals surface area contributed by atoms with Crippen molar-refractivity contribution in [3.63, 3.8) is 0 Å². The molecule has 0 amide bonds. The fraction of sp³-hybridized carbons (Fsp3) is 0.333. The lowest BCUT2D eigenvalue weighted by Gasteiger charge is -1.82. The van der Waals surface area contributed by atoms with Gasteiger partial charge < -0.3 is 0 Å². The topological polar surface area (TPSA) is 0 Å². The fourth-order valence-corrected chi connectivity index (χ4v) is 0.976. The monoisotopic (exact) mass is 139 g/mol. The SMILES string of the molecule is C=C(Cl)CS[S]. The van der Waals surface area contributed by atoms with E-state index in [4.69, 9.17) is 11.6 Å². The van der Waals surface area contributed by atoms with E-state index in [2.05, 4.69) is 18.2 Å². The minimum atomic E-state index is 0.620. The Kier molecular flexibility index (Phi) is 4.38. The maximum atomic E-state index is 5.30. The lowest BCUT2D eigenvalue weighted by molar-refractivity contribution is 1.76. The normalized spacial score (nSPS) is 8.33. The molecule has 3 heteroatoms. The molecule has 35 valence electrons. The van der Waals surface area contributed by atoms with E-state index in [1.165, 1.54) is 10.8 Å². The van der Waals surface area contributed by atoms with Crippen LogP contribution in [0.2, 0.25) is 0 Å². The van der Waals surface area contributed by atoms with E-state index in [0.29, 0.717) is 10.8 Å². The van der Waals surface area contributed by atoms with Crippen LogP contribution in [0.5, 0.6) is 0 Å². The van der Waals surface area contributed by atoms with Crippen molar-refractivity contribution in [2.24, 2.45) is 0 Å². The summed E-state index contributed by atoms with van der Waals surface area (Å²) in [6, 6.07) is 0. The van der Waals surface area contributed by atoms with E-state index in [1.54, 1.807) is 0 Å². The van der Waals surface area contributed by atoms with Crippen LogP contribution < -0.4 is 0 Å². The minimum absolute atomic E-state index is 0.620. The van der Waals surface area contributed by atoms with Crippen LogP contribution in [-0.2, 0) is 0 Å². The molecule has 0 spiro atoms. The Bertz CT molecular complexity index is 52.8. The van der Waals surface area contributed by atoms with Gasteiger partial charge in [-0.05, 0) is 11.7 Å². The lowest BCUT2D eigenvalue weighted by Crippen LogP contribution is -1.65. The zero-order valence-electron chi connectivity index (χ0n) is 3.11. The van der Waals surface area contributed by atoms with Crippen molar-refractivity contribution in [2.75, 3.05) is 5.75 Å². The second-order valence-electron chi connectivity index (χ2n) is 0.779. The summed E-state index contributed by atoms with van der Waals surface area (Å²) < 4.78 is 0. The lowest BCUT2D eigenvalue weighted by atomic mass is 10.8. The first-order valence-electron chi connectivity index (χ1n) is 1.35. The Morgan fingerprint density at radius 3 is 2.50 bits per heavy atom. The Hall–Kier alpha value is 0.730. The van der Waals surface area contributed by atoms with Gasteiger partial charge >= 0.3 is 0 Å². The first-order chi connectivity index (χ1) is 2.77. The van der Waals surface area contributed by atoms with Gasteiger partial charge in [-0.15, -0.1) is 0 Å². The molecule has 0 aliphatic heterocycles. The van der Waals surface area contributed by atoms with Crippen LogP contribution in [0.25, 0.3) is 0 Å². The van der Waals surface area contributed by atoms with Crippen molar-refractivity contribution in [3.8, 4) is 0 Å². The number of hydrogen-bond donors (Lipinski definition) is 0. The fourth-order valence-electron chi connectivity index (χ4n) is 0.0639. The van der Waals surface area contributed by atoms with Gasteiger partial charge in [-0.3, -0.25) is 0 Å². The zero-order chi connectivity index (χ0) is 4.99. The summed E-state index contributed by atoms with van der Waals surface area (Å²) in [5, 5.41) is 0.620. The van der Waals surface area contributed by atoms with Gasteiger partial charge in [-0.25, -0.2) is 0 Å². The van der Waals surface area contributed by atoms with Crippen LogP contribution in [0, 0.1) is 0 Å². The number of hydrogen-bond acceptors (Lipinski definition) is 1. The van der Waals surface area contributed by atoms with Crippen LogP contribution in [0.15, 0.2) is 11.6 Å². The third-order valence-corrected chi connectivity index (χ3v) is 1.33. The molecule has 0 N–H and O–H groups in total. The Morgan fingerprint density at radius 1 is 2.00 bits per heavy atom. The summed E-state index contributed by atoms with van der Waals surface area (Å²) >= 11 is 9.80. The van der Waals surface area contributed by atoms with E-state index in [1.807, 2.05) is 0 Å². The average molecular weight is 140 g/mol. The second-order valence-corrected chi connectivity index (χ2v) is 2.55. The molecule has 0 rings (SSSR count). The highest BCUT2D eigenvalue weighted by Gasteiger charge is 1.81. The number of rotatable bonds is 2. The van der Waals surface area contributed by atoms with Gasteiger partial charge in [0.25, 0.3) is 0 Å². The molecule has 0 fully saturated rings. The van der Waals surface area contributed by atoms with Gasteiger partial charge in [0, 0.05) is 10.8 Å². The first-order valence-corrected chi connectivity index (χ1v) is 3.64. The van der Waals surface area contributed by atoms with Crippen molar-refractivity contribution in [3.05, 3.63) is 11.6 Å². The van der Waals surface area contributed by atoms with Crippen molar-refractivity contribution < 1.29 is 0 Å². The predicted octanol–water partition coefficient (Wildman–Crippen LogP) is 2.58. The van der Waals surface area contributed by atoms with Gasteiger partial charge in [-0.1, -0.05) is 29.0 Å². The van der Waals surface area contributed by atoms with E-state index < -0.39 is 0 Å². The van der Waals surface area contributed by atoms with Crippen LogP contribution in [0.4, 0.5) is 0 Å². The molecule has 0 aromatic carbocycles. The third-order valence-electron chi connectivity index (χ3n) is 0.216. The molecule has 0 unspecified atom stereocenters. The van der Waals surface area contributed by atoms with Gasteiger partial charge in [0.15, 0.2) is 0 Å². The first kappa shape index (κ1) is 6.73. The van der Waals surface area contributed by atoms with E-state index >= 15 is 0 Å². The van der Waals surface area contributed by atoms with Gasteiger partial charge in [0.05, 0.1) is 0 Å². The van der Waals surface area contributed by atoms with Gasteiger partial charge in [-0.2, -0.15) is 0 Å². The molecule has 0 aromatic heterocycles. The number of halogens is 1. The van der Waals surface area contributed by atoms with Crippen molar-refractivity contribution in [2.45, 2.75) is 0 Å². The molecule has 0 bridgehead atoms. The maximum Gasteiger partial charge on any atom is 0.0399 e. The van der Waals surface area contributed by atoms with Crippen LogP contribution >= 0.6 is 34.1 Å². The molecule has 0 aromatic rings. The van der Waals surface area contributed by atoms with E-state index in [0.717, 1.165) is 0 Å². The Balaban J connectivity index is 2.83. The maximum absolute atomic E-state index is 5.30. The van der Waals surface area contributed by atoms with Crippen LogP contribution in [0.3, 0.4) is 0 Å². The summed E-state index contributed by atoms with van der Waals surface area (Å²) in [4.78, 5) is 0. The highest BCUT2D eigenvalue weighted by Crippen LogP contribution is 2.11. The second kappa shape index (κ2) is 3.90. The molecule has 0 aliphatic carbocycles. The molecule has 1 radical (unpaired) electrons. The summed E-state index contributed by atoms with van der Waals surface area (Å²) in [6.07, 6.45) is 0. The van der Waals surface area contributed by atoms with Crippen LogP contribution in [0.1, 0.15) is 0 Å². The highest BCUT2D eigenvalue weighted by molar-refractivity contribution is 8.68. The summed E-state index contributed by atoms with van der Waals surface area (Å²) in [7, 11) is 1.26. The quantitative estimate of drug-likeness (QED) is 0.530. The van der Waals surface area contributed by atoms with Gasteiger partial charge in [0.1, 0.15) is 0 Å². The molecule has 0 nitrogen and oxygen atoms in total. The summed E-state index contributed by atoms with van der Waals surface area (Å²) in [5.74, 6) is 0.677. The predicted molar refractivity (Wildman–Crippen MR) is 35.0 cm³/mol. The Labute approximate surface area is 51.8 Å². The minimum Gasteiger partial charge on any atom is -0.0888 e. The molecule has 0 atom stereocenters. The van der Waals surface area contributed by atoms with Crippen molar-refractivity contribution >= 4 is 34.1 Å². The molecule has 6 heavy (non-hydrogen) atoms. The standard InChI is InChI=1S/C3H4ClS2/c1-3(4)2-6-5/h1-2H2. The molecule has 0 aliphatic rings. The highest BCUT2D eigenvalue weighted by atomic mass is 35.5. The summed E-state index contributed by atoms with van der Waals surface area (Å²) in [6.45, 7) is 3.42. The van der Waals surface area contributed by atoms with Crippen molar-refractivity contribution in [1.82, 2.24) is 0 Å². The molecular weight excluding hydrogens is 136 g/mol. The zero-order valence-corrected chi connectivity index (χ0v) is 5.50. The van der Waals surface area contributed by atoms with Crippen LogP contribution in [-0.4, -0.2) is 5.75 Å². The molecular formula is C3H4ClS2. The molecule has 0 saturated carbocycles. The molecule has 0 heterocycles. The summed E-state index contributed by atoms with van der Waals surface area (Å²) in [5.41, 5.74) is 0. The van der Waals surface area contributed by atoms with E-state index in [-0.39, 0.29) is 0 Å². The largest absolute Gasteiger partial charge is 0.0888 e. The third kappa shape index (κ3) is 4.73. The van der Waals surface area contributed by atoms with Gasteiger partial charge in [0.2, 0.25) is 0 Å². The van der Waals surface area contributed by atoms with E-state index in [9.17, 15) is 0 Å². The molecule has 0 saturated heterocycles. The Morgan fingerprint density at radius 2 is 2.50 bits per heavy atom.